The minimum Gasteiger partial charge on any atom is -0.400 e. The normalized spacial score (nSPS) is 10.6. The summed E-state index contributed by atoms with van der Waals surface area (Å²) in [7, 11) is 4.00. The number of halogens is 20. The van der Waals surface area contributed by atoms with Gasteiger partial charge in [-0.2, -0.15) is 0 Å². The predicted molar refractivity (Wildman–Crippen MR) is 142 cm³/mol. The second-order valence-corrected chi connectivity index (χ2v) is 8.80. The smallest absolute Gasteiger partial charge is 0.200 e. The van der Waals surface area contributed by atoms with E-state index in [0.29, 0.717) is 0 Å². The highest BCUT2D eigenvalue weighted by molar-refractivity contribution is 7.20. The summed E-state index contributed by atoms with van der Waals surface area (Å²) in [5.41, 5.74) is -14.3. The molecule has 0 fully saturated rings. The van der Waals surface area contributed by atoms with Crippen molar-refractivity contribution in [3.05, 3.63) is 116 Å². The van der Waals surface area contributed by atoms with Crippen molar-refractivity contribution in [3.8, 4) is 0 Å². The maximum absolute atomic E-state index is 15.4. The van der Waals surface area contributed by atoms with Crippen LogP contribution in [0, 0.1) is 116 Å². The molecule has 0 aliphatic heterocycles. The minimum atomic E-state index is -7.22. The number of benzene rings is 4. The number of hydrogen-bond donors (Lipinski definition) is 4. The molecular formula is C28H16BF20O4-. The Morgan fingerprint density at radius 1 is 0.189 bits per heavy atom. The van der Waals surface area contributed by atoms with Gasteiger partial charge in [0.2, 0.25) is 0 Å². The van der Waals surface area contributed by atoms with Crippen molar-refractivity contribution in [1.82, 2.24) is 0 Å². The average molecular weight is 807 g/mol. The molecule has 0 radical (unpaired) electrons. The fourth-order valence-corrected chi connectivity index (χ4v) is 4.87. The Bertz CT molecular complexity index is 1590. The number of aliphatic hydroxyl groups excluding tert-OH is 4. The maximum atomic E-state index is 15.4. The second-order valence-electron chi connectivity index (χ2n) is 8.80. The topological polar surface area (TPSA) is 80.9 Å². The van der Waals surface area contributed by atoms with Gasteiger partial charge < -0.3 is 20.4 Å². The van der Waals surface area contributed by atoms with Crippen LogP contribution in [-0.4, -0.2) is 55.0 Å². The Kier molecular flexibility index (Phi) is 17.3. The average Bonchev–Trinajstić information content (AvgIpc) is 3.17. The van der Waals surface area contributed by atoms with E-state index in [2.05, 4.69) is 0 Å². The van der Waals surface area contributed by atoms with Crippen molar-refractivity contribution in [1.29, 1.82) is 0 Å². The van der Waals surface area contributed by atoms with Gasteiger partial charge in [0.05, 0.1) is 0 Å². The second kappa shape index (κ2) is 18.9. The van der Waals surface area contributed by atoms with Crippen LogP contribution in [0.2, 0.25) is 0 Å². The van der Waals surface area contributed by atoms with Crippen LogP contribution >= 0.6 is 0 Å². The van der Waals surface area contributed by atoms with Crippen molar-refractivity contribution in [3.63, 3.8) is 0 Å². The fraction of sp³-hybridized carbons (Fsp3) is 0.143. The highest BCUT2D eigenvalue weighted by Gasteiger charge is 2.52. The molecule has 0 bridgehead atoms. The van der Waals surface area contributed by atoms with E-state index in [-0.39, 0.29) is 0 Å². The van der Waals surface area contributed by atoms with Gasteiger partial charge in [-0.1, -0.05) is 0 Å². The molecule has 0 atom stereocenters. The van der Waals surface area contributed by atoms with E-state index in [1.165, 1.54) is 0 Å². The molecule has 0 aliphatic carbocycles. The molecule has 4 aromatic carbocycles. The standard InChI is InChI=1S/C24BF20.4CH4O/c26-5-1(6(27)14(35)21(42)13(5)34)25(2-7(28)15(36)22(43)16(37)8(2)29,3-9(30)17(38)23(44)18(39)10(3)31)4-11(32)19(40)24(45)20(41)12(4)33;4*1-2/h;4*2H,1H3/q-1;;;;. The zero-order valence-electron chi connectivity index (χ0n) is 25.9. The molecule has 0 amide bonds. The quantitative estimate of drug-likeness (QED) is 0.108. The summed E-state index contributed by atoms with van der Waals surface area (Å²) in [4.78, 5) is 0. The van der Waals surface area contributed by atoms with Crippen LogP contribution in [0.5, 0.6) is 0 Å². The Hall–Kier alpha value is -4.62. The molecule has 4 nitrogen and oxygen atoms in total. The first-order valence-electron chi connectivity index (χ1n) is 12.7. The molecule has 0 aromatic heterocycles. The van der Waals surface area contributed by atoms with E-state index in [0.717, 1.165) is 28.4 Å². The molecule has 0 unspecified atom stereocenters. The summed E-state index contributed by atoms with van der Waals surface area (Å²) < 4.78 is 294. The first-order chi connectivity index (χ1) is 24.7. The number of aliphatic hydroxyl groups is 4. The summed E-state index contributed by atoms with van der Waals surface area (Å²) in [6, 6.07) is 0. The van der Waals surface area contributed by atoms with Gasteiger partial charge in [-0.3, -0.25) is 0 Å². The van der Waals surface area contributed by atoms with Gasteiger partial charge in [0.25, 0.3) is 0 Å². The molecule has 296 valence electrons. The van der Waals surface area contributed by atoms with Crippen LogP contribution in [0.4, 0.5) is 87.8 Å². The monoisotopic (exact) mass is 807 g/mol. The molecule has 4 N–H and O–H groups in total. The highest BCUT2D eigenvalue weighted by atomic mass is 19.2. The third-order valence-electron chi connectivity index (χ3n) is 6.71. The Morgan fingerprint density at radius 2 is 0.264 bits per heavy atom. The Balaban J connectivity index is 0.00000316. The predicted octanol–water partition coefficient (Wildman–Crippen LogP) is 4.28. The lowest BCUT2D eigenvalue weighted by atomic mass is 9.12. The van der Waals surface area contributed by atoms with Gasteiger partial charge in [0.15, 0.2) is 69.8 Å². The third kappa shape index (κ3) is 7.33. The van der Waals surface area contributed by atoms with Crippen molar-refractivity contribution < 1.29 is 108 Å². The highest BCUT2D eigenvalue weighted by Crippen LogP contribution is 2.30. The van der Waals surface area contributed by atoms with Crippen molar-refractivity contribution in [2.75, 3.05) is 28.4 Å². The molecule has 4 aromatic rings. The third-order valence-corrected chi connectivity index (χ3v) is 6.71. The van der Waals surface area contributed by atoms with Crippen molar-refractivity contribution >= 4 is 28.0 Å². The van der Waals surface area contributed by atoms with E-state index < -0.39 is 144 Å². The van der Waals surface area contributed by atoms with Gasteiger partial charge in [0, 0.05) is 28.4 Å². The summed E-state index contributed by atoms with van der Waals surface area (Å²) in [5.74, 6) is -71.4. The molecule has 0 heterocycles. The zero-order valence-corrected chi connectivity index (χ0v) is 25.9. The lowest BCUT2D eigenvalue weighted by Gasteiger charge is -2.44. The van der Waals surface area contributed by atoms with E-state index >= 15 is 35.1 Å². The van der Waals surface area contributed by atoms with Gasteiger partial charge in [-0.05, 0) is 0 Å². The Morgan fingerprint density at radius 3 is 0.358 bits per heavy atom. The molecule has 0 saturated heterocycles. The van der Waals surface area contributed by atoms with Gasteiger partial charge in [0.1, 0.15) is 52.7 Å². The molecule has 0 spiro atoms. The largest absolute Gasteiger partial charge is 0.400 e. The Labute approximate surface area is 281 Å². The fourth-order valence-electron chi connectivity index (χ4n) is 4.87. The lowest BCUT2D eigenvalue weighted by molar-refractivity contribution is 0.378. The number of hydrogen-bond acceptors (Lipinski definition) is 4. The summed E-state index contributed by atoms with van der Waals surface area (Å²) in [6.07, 6.45) is -7.22. The first kappa shape index (κ1) is 48.4. The maximum Gasteiger partial charge on any atom is 0.200 e. The van der Waals surface area contributed by atoms with Crippen LogP contribution in [0.15, 0.2) is 0 Å². The molecular weight excluding hydrogens is 791 g/mol. The van der Waals surface area contributed by atoms with E-state index in [4.69, 9.17) is 20.4 Å². The van der Waals surface area contributed by atoms with E-state index in [1.807, 2.05) is 0 Å². The first-order valence-corrected chi connectivity index (χ1v) is 12.7. The summed E-state index contributed by atoms with van der Waals surface area (Å²) >= 11 is 0. The zero-order chi connectivity index (χ0) is 42.4. The summed E-state index contributed by atoms with van der Waals surface area (Å²) in [6.45, 7) is 0. The molecule has 4 rings (SSSR count). The molecule has 0 saturated carbocycles. The van der Waals surface area contributed by atoms with E-state index in [1.54, 1.807) is 0 Å². The van der Waals surface area contributed by atoms with Gasteiger partial charge >= 0.3 is 0 Å². The van der Waals surface area contributed by atoms with Gasteiger partial charge in [-0.25, -0.2) is 87.8 Å². The molecule has 53 heavy (non-hydrogen) atoms. The van der Waals surface area contributed by atoms with Crippen LogP contribution in [0.3, 0.4) is 0 Å². The van der Waals surface area contributed by atoms with Crippen LogP contribution in [0.1, 0.15) is 0 Å². The number of rotatable bonds is 4. The van der Waals surface area contributed by atoms with E-state index in [9.17, 15) is 52.7 Å². The van der Waals surface area contributed by atoms with Crippen molar-refractivity contribution in [2.45, 2.75) is 0 Å². The summed E-state index contributed by atoms with van der Waals surface area (Å²) in [5, 5.41) is 28.0. The van der Waals surface area contributed by atoms with Crippen LogP contribution in [-0.2, 0) is 0 Å². The SMILES string of the molecule is CO.CO.CO.CO.Fc1c(F)c(F)c([B-](c2c(F)c(F)c(F)c(F)c2F)(c2c(F)c(F)c(F)c(F)c2F)c2c(F)c(F)c(F)c(F)c2F)c(F)c1F. The molecule has 0 aliphatic rings. The van der Waals surface area contributed by atoms with Crippen LogP contribution in [0.25, 0.3) is 0 Å². The molecule has 25 heteroatoms. The van der Waals surface area contributed by atoms with Gasteiger partial charge in [-0.15, -0.1) is 21.9 Å². The van der Waals surface area contributed by atoms with Crippen LogP contribution < -0.4 is 21.9 Å². The minimum absolute atomic E-state index is 1.00. The lowest BCUT2D eigenvalue weighted by Crippen LogP contribution is -2.81. The van der Waals surface area contributed by atoms with Crippen molar-refractivity contribution in [2.24, 2.45) is 0 Å².